The van der Waals surface area contributed by atoms with Gasteiger partial charge in [-0.15, -0.1) is 0 Å². The lowest BCUT2D eigenvalue weighted by Gasteiger charge is -2.28. The zero-order valence-corrected chi connectivity index (χ0v) is 10.7. The second-order valence-corrected chi connectivity index (χ2v) is 4.62. The minimum atomic E-state index is -0.116. The Morgan fingerprint density at radius 2 is 2.31 bits per heavy atom. The van der Waals surface area contributed by atoms with Gasteiger partial charge >= 0.3 is 5.97 Å². The molecule has 0 aromatic rings. The smallest absolute Gasteiger partial charge is 0.320 e. The number of rotatable bonds is 6. The van der Waals surface area contributed by atoms with Crippen molar-refractivity contribution in [1.29, 1.82) is 0 Å². The van der Waals surface area contributed by atoms with Crippen LogP contribution in [0.2, 0.25) is 0 Å². The standard InChI is InChI=1S/C12H24N2O2/c1-4-16-12(15)9-14(10(2)3)8-11-6-5-7-13-11/h10-11,13H,4-9H2,1-3H3. The normalized spacial score (nSPS) is 20.7. The summed E-state index contributed by atoms with van der Waals surface area (Å²) >= 11 is 0. The van der Waals surface area contributed by atoms with Gasteiger partial charge < -0.3 is 10.1 Å². The number of nitrogens with one attached hydrogen (secondary N) is 1. The minimum absolute atomic E-state index is 0.116. The van der Waals surface area contributed by atoms with Crippen LogP contribution in [0, 0.1) is 0 Å². The Morgan fingerprint density at radius 3 is 2.81 bits per heavy atom. The van der Waals surface area contributed by atoms with Crippen LogP contribution in [0.5, 0.6) is 0 Å². The average Bonchev–Trinajstić information content (AvgIpc) is 2.69. The van der Waals surface area contributed by atoms with E-state index in [0.717, 1.165) is 13.1 Å². The van der Waals surface area contributed by atoms with Crippen LogP contribution in [-0.4, -0.2) is 49.2 Å². The van der Waals surface area contributed by atoms with E-state index in [-0.39, 0.29) is 5.97 Å². The van der Waals surface area contributed by atoms with E-state index in [9.17, 15) is 4.79 Å². The molecule has 1 rings (SSSR count). The molecule has 0 amide bonds. The molecule has 0 spiro atoms. The lowest BCUT2D eigenvalue weighted by molar-refractivity contribution is -0.145. The number of hydrogen-bond donors (Lipinski definition) is 1. The van der Waals surface area contributed by atoms with Crippen molar-refractivity contribution in [1.82, 2.24) is 10.2 Å². The Labute approximate surface area is 98.3 Å². The molecule has 0 saturated carbocycles. The molecule has 1 aliphatic rings. The first-order valence-corrected chi connectivity index (χ1v) is 6.26. The Bertz CT molecular complexity index is 213. The van der Waals surface area contributed by atoms with E-state index in [4.69, 9.17) is 4.74 Å². The molecule has 4 heteroatoms. The molecule has 94 valence electrons. The molecule has 1 N–H and O–H groups in total. The van der Waals surface area contributed by atoms with E-state index < -0.39 is 0 Å². The monoisotopic (exact) mass is 228 g/mol. The lowest BCUT2D eigenvalue weighted by Crippen LogP contribution is -2.44. The summed E-state index contributed by atoms with van der Waals surface area (Å²) in [5, 5.41) is 3.45. The van der Waals surface area contributed by atoms with Gasteiger partial charge in [-0.1, -0.05) is 0 Å². The molecular weight excluding hydrogens is 204 g/mol. The van der Waals surface area contributed by atoms with Gasteiger partial charge in [-0.2, -0.15) is 0 Å². The molecule has 1 heterocycles. The number of esters is 1. The molecule has 1 atom stereocenters. The summed E-state index contributed by atoms with van der Waals surface area (Å²) in [7, 11) is 0. The van der Waals surface area contributed by atoms with E-state index >= 15 is 0 Å². The molecular formula is C12H24N2O2. The van der Waals surface area contributed by atoms with Crippen molar-refractivity contribution >= 4 is 5.97 Å². The summed E-state index contributed by atoms with van der Waals surface area (Å²) in [6, 6.07) is 0.920. The first-order chi connectivity index (χ1) is 7.63. The predicted molar refractivity (Wildman–Crippen MR) is 64.4 cm³/mol. The van der Waals surface area contributed by atoms with E-state index in [1.165, 1.54) is 12.8 Å². The van der Waals surface area contributed by atoms with Crippen molar-refractivity contribution in [3.05, 3.63) is 0 Å². The highest BCUT2D eigenvalue weighted by atomic mass is 16.5. The van der Waals surface area contributed by atoms with Crippen LogP contribution in [0.4, 0.5) is 0 Å². The van der Waals surface area contributed by atoms with E-state index in [1.807, 2.05) is 6.92 Å². The van der Waals surface area contributed by atoms with Gasteiger partial charge in [0.2, 0.25) is 0 Å². The third kappa shape index (κ3) is 4.49. The van der Waals surface area contributed by atoms with Gasteiger partial charge in [0.05, 0.1) is 13.2 Å². The summed E-state index contributed by atoms with van der Waals surface area (Å²) in [5.41, 5.74) is 0. The van der Waals surface area contributed by atoms with Crippen LogP contribution in [0.3, 0.4) is 0 Å². The Balaban J connectivity index is 2.37. The second-order valence-electron chi connectivity index (χ2n) is 4.62. The lowest BCUT2D eigenvalue weighted by atomic mass is 10.2. The van der Waals surface area contributed by atoms with Gasteiger partial charge in [0, 0.05) is 18.6 Å². The summed E-state index contributed by atoms with van der Waals surface area (Å²) < 4.78 is 4.99. The van der Waals surface area contributed by atoms with Gasteiger partial charge in [-0.3, -0.25) is 9.69 Å². The Kier molecular flexibility index (Phi) is 5.77. The molecule has 4 nitrogen and oxygen atoms in total. The van der Waals surface area contributed by atoms with Crippen LogP contribution in [0.1, 0.15) is 33.6 Å². The fraction of sp³-hybridized carbons (Fsp3) is 0.917. The van der Waals surface area contributed by atoms with Gasteiger partial charge in [0.15, 0.2) is 0 Å². The van der Waals surface area contributed by atoms with Crippen molar-refractivity contribution in [2.45, 2.75) is 45.7 Å². The Morgan fingerprint density at radius 1 is 1.56 bits per heavy atom. The fourth-order valence-corrected chi connectivity index (χ4v) is 2.03. The number of hydrogen-bond acceptors (Lipinski definition) is 4. The highest BCUT2D eigenvalue weighted by Crippen LogP contribution is 2.09. The number of nitrogens with zero attached hydrogens (tertiary/aromatic N) is 1. The first-order valence-electron chi connectivity index (χ1n) is 6.26. The average molecular weight is 228 g/mol. The maximum Gasteiger partial charge on any atom is 0.320 e. The highest BCUT2D eigenvalue weighted by molar-refractivity contribution is 5.71. The Hall–Kier alpha value is -0.610. The number of ether oxygens (including phenoxy) is 1. The zero-order chi connectivity index (χ0) is 12.0. The van der Waals surface area contributed by atoms with Crippen LogP contribution >= 0.6 is 0 Å². The summed E-state index contributed by atoms with van der Waals surface area (Å²) in [5.74, 6) is -0.116. The quantitative estimate of drug-likeness (QED) is 0.689. The van der Waals surface area contributed by atoms with Crippen molar-refractivity contribution in [2.24, 2.45) is 0 Å². The molecule has 0 aromatic heterocycles. The number of carbonyl (C=O) groups is 1. The zero-order valence-electron chi connectivity index (χ0n) is 10.7. The molecule has 0 bridgehead atoms. The molecule has 0 aromatic carbocycles. The summed E-state index contributed by atoms with van der Waals surface area (Å²) in [4.78, 5) is 13.6. The minimum Gasteiger partial charge on any atom is -0.465 e. The van der Waals surface area contributed by atoms with Gasteiger partial charge in [0.1, 0.15) is 0 Å². The molecule has 1 unspecified atom stereocenters. The van der Waals surface area contributed by atoms with Crippen molar-refractivity contribution in [3.63, 3.8) is 0 Å². The maximum absolute atomic E-state index is 11.4. The SMILES string of the molecule is CCOC(=O)CN(CC1CCCN1)C(C)C. The van der Waals surface area contributed by atoms with Crippen molar-refractivity contribution in [2.75, 3.05) is 26.2 Å². The molecule has 1 saturated heterocycles. The van der Waals surface area contributed by atoms with Crippen molar-refractivity contribution in [3.8, 4) is 0 Å². The van der Waals surface area contributed by atoms with Gasteiger partial charge in [-0.05, 0) is 40.2 Å². The predicted octanol–water partition coefficient (Wildman–Crippen LogP) is 1.01. The molecule has 0 radical (unpaired) electrons. The van der Waals surface area contributed by atoms with Crippen LogP contribution in [-0.2, 0) is 9.53 Å². The topological polar surface area (TPSA) is 41.6 Å². The third-order valence-electron chi connectivity index (χ3n) is 2.99. The van der Waals surface area contributed by atoms with Gasteiger partial charge in [0.25, 0.3) is 0 Å². The maximum atomic E-state index is 11.4. The molecule has 16 heavy (non-hydrogen) atoms. The molecule has 1 fully saturated rings. The van der Waals surface area contributed by atoms with E-state index in [2.05, 4.69) is 24.1 Å². The van der Waals surface area contributed by atoms with Gasteiger partial charge in [-0.25, -0.2) is 0 Å². The van der Waals surface area contributed by atoms with E-state index in [0.29, 0.717) is 25.2 Å². The van der Waals surface area contributed by atoms with Crippen LogP contribution < -0.4 is 5.32 Å². The first kappa shape index (κ1) is 13.5. The molecule has 1 aliphatic heterocycles. The summed E-state index contributed by atoms with van der Waals surface area (Å²) in [6.45, 7) is 9.00. The molecule has 0 aliphatic carbocycles. The third-order valence-corrected chi connectivity index (χ3v) is 2.99. The fourth-order valence-electron chi connectivity index (χ4n) is 2.03. The summed E-state index contributed by atoms with van der Waals surface area (Å²) in [6.07, 6.45) is 2.46. The number of carbonyl (C=O) groups excluding carboxylic acids is 1. The second kappa shape index (κ2) is 6.86. The van der Waals surface area contributed by atoms with E-state index in [1.54, 1.807) is 0 Å². The largest absolute Gasteiger partial charge is 0.465 e. The highest BCUT2D eigenvalue weighted by Gasteiger charge is 2.21. The van der Waals surface area contributed by atoms with Crippen LogP contribution in [0.25, 0.3) is 0 Å². The van der Waals surface area contributed by atoms with Crippen molar-refractivity contribution < 1.29 is 9.53 Å². The van der Waals surface area contributed by atoms with Crippen LogP contribution in [0.15, 0.2) is 0 Å².